The first-order valence-electron chi connectivity index (χ1n) is 10.8. The molecule has 0 aliphatic carbocycles. The van der Waals surface area contributed by atoms with Gasteiger partial charge in [-0.15, -0.1) is 0 Å². The second kappa shape index (κ2) is 8.35. The Bertz CT molecular complexity index is 1430. The molecule has 180 valence electrons. The lowest BCUT2D eigenvalue weighted by atomic mass is 10.00. The topological polar surface area (TPSA) is 99.2 Å². The number of aryl methyl sites for hydroxylation is 1. The molecule has 4 heterocycles. The molecule has 11 heteroatoms. The Morgan fingerprint density at radius 3 is 2.71 bits per heavy atom. The predicted molar refractivity (Wildman–Crippen MR) is 122 cm³/mol. The van der Waals surface area contributed by atoms with E-state index in [9.17, 15) is 18.0 Å². The van der Waals surface area contributed by atoms with E-state index < -0.39 is 11.7 Å². The SMILES string of the molecule is C[C@H]1OCc2c1c(N)nc1ccc(C(=O)N(Cc3ccc(C(F)(F)F)cn3)c3cnn(C)c3)cc21. The number of fused-ring (bicyclic) bond motifs is 3. The van der Waals surface area contributed by atoms with Gasteiger partial charge in [0.05, 0.1) is 47.9 Å². The van der Waals surface area contributed by atoms with Crippen molar-refractivity contribution in [3.05, 3.63) is 76.9 Å². The fourth-order valence-electron chi connectivity index (χ4n) is 4.23. The van der Waals surface area contributed by atoms with Crippen LogP contribution in [0.15, 0.2) is 48.9 Å². The number of aromatic nitrogens is 4. The number of nitrogens with two attached hydrogens (primary N) is 1. The summed E-state index contributed by atoms with van der Waals surface area (Å²) < 4.78 is 46.1. The van der Waals surface area contributed by atoms with Gasteiger partial charge in [0.2, 0.25) is 0 Å². The number of amides is 1. The van der Waals surface area contributed by atoms with E-state index >= 15 is 0 Å². The number of pyridine rings is 2. The number of halogens is 3. The third kappa shape index (κ3) is 4.18. The summed E-state index contributed by atoms with van der Waals surface area (Å²) in [7, 11) is 1.71. The van der Waals surface area contributed by atoms with Gasteiger partial charge in [0.15, 0.2) is 0 Å². The van der Waals surface area contributed by atoms with Crippen LogP contribution in [-0.2, 0) is 31.1 Å². The van der Waals surface area contributed by atoms with E-state index in [-0.39, 0.29) is 18.6 Å². The average molecular weight is 482 g/mol. The van der Waals surface area contributed by atoms with Crippen LogP contribution < -0.4 is 10.6 Å². The van der Waals surface area contributed by atoms with Crippen molar-refractivity contribution >= 4 is 28.3 Å². The maximum Gasteiger partial charge on any atom is 0.417 e. The van der Waals surface area contributed by atoms with Crippen molar-refractivity contribution in [1.82, 2.24) is 19.7 Å². The van der Waals surface area contributed by atoms with Crippen molar-refractivity contribution in [3.63, 3.8) is 0 Å². The number of anilines is 2. The highest BCUT2D eigenvalue weighted by Crippen LogP contribution is 2.38. The number of hydrogen-bond acceptors (Lipinski definition) is 6. The summed E-state index contributed by atoms with van der Waals surface area (Å²) in [5.74, 6) is 0.0427. The summed E-state index contributed by atoms with van der Waals surface area (Å²) in [6.07, 6.45) is -0.762. The summed E-state index contributed by atoms with van der Waals surface area (Å²) in [6, 6.07) is 7.32. The molecule has 0 fully saturated rings. The molecule has 1 aromatic carbocycles. The van der Waals surface area contributed by atoms with Gasteiger partial charge >= 0.3 is 6.18 Å². The molecule has 0 saturated heterocycles. The van der Waals surface area contributed by atoms with Gasteiger partial charge in [-0.3, -0.25) is 19.4 Å². The van der Waals surface area contributed by atoms with Crippen molar-refractivity contribution in [3.8, 4) is 0 Å². The number of nitrogen functional groups attached to an aromatic ring is 1. The molecule has 5 rings (SSSR count). The normalized spacial score (nSPS) is 15.4. The highest BCUT2D eigenvalue weighted by atomic mass is 19.4. The maximum atomic E-state index is 13.7. The maximum absolute atomic E-state index is 13.7. The third-order valence-electron chi connectivity index (χ3n) is 6.02. The van der Waals surface area contributed by atoms with Gasteiger partial charge in [-0.05, 0) is 42.8 Å². The third-order valence-corrected chi connectivity index (χ3v) is 6.02. The van der Waals surface area contributed by atoms with Crippen LogP contribution in [-0.4, -0.2) is 25.7 Å². The molecule has 2 N–H and O–H groups in total. The monoisotopic (exact) mass is 482 g/mol. The fourth-order valence-corrected chi connectivity index (χ4v) is 4.23. The van der Waals surface area contributed by atoms with Crippen LogP contribution in [0.25, 0.3) is 10.9 Å². The zero-order valence-electron chi connectivity index (χ0n) is 18.9. The van der Waals surface area contributed by atoms with E-state index in [0.29, 0.717) is 34.9 Å². The number of carbonyl (C=O) groups excluding carboxylic acids is 1. The first-order valence-corrected chi connectivity index (χ1v) is 10.8. The Balaban J connectivity index is 1.53. The minimum Gasteiger partial charge on any atom is -0.383 e. The zero-order valence-corrected chi connectivity index (χ0v) is 18.9. The molecular formula is C24H21F3N6O2. The Hall–Kier alpha value is -3.99. The van der Waals surface area contributed by atoms with Gasteiger partial charge in [-0.1, -0.05) is 0 Å². The molecule has 0 spiro atoms. The van der Waals surface area contributed by atoms with E-state index in [2.05, 4.69) is 15.1 Å². The van der Waals surface area contributed by atoms with Crippen molar-refractivity contribution in [2.45, 2.75) is 32.4 Å². The van der Waals surface area contributed by atoms with Crippen LogP contribution >= 0.6 is 0 Å². The molecule has 0 bridgehead atoms. The van der Waals surface area contributed by atoms with E-state index in [4.69, 9.17) is 10.5 Å². The van der Waals surface area contributed by atoms with Gasteiger partial charge in [-0.25, -0.2) is 4.98 Å². The lowest BCUT2D eigenvalue weighted by Crippen LogP contribution is -2.30. The number of hydrogen-bond donors (Lipinski definition) is 1. The number of ether oxygens (including phenoxy) is 1. The Labute approximate surface area is 198 Å². The largest absolute Gasteiger partial charge is 0.417 e. The number of benzene rings is 1. The molecule has 8 nitrogen and oxygen atoms in total. The van der Waals surface area contributed by atoms with Crippen LogP contribution in [0, 0.1) is 0 Å². The molecule has 1 atom stereocenters. The van der Waals surface area contributed by atoms with E-state index in [1.807, 2.05) is 6.92 Å². The standard InChI is InChI=1S/C24H21F3N6O2/c1-13-21-19(12-35-13)18-7-14(3-6-20(18)31-22(21)28)23(34)33(17-9-30-32(2)11-17)10-16-5-4-15(8-29-16)24(25,26)27/h3-9,11,13H,10,12H2,1-2H3,(H2,28,31)/t13-/m1/s1. The molecule has 0 radical (unpaired) electrons. The molecule has 35 heavy (non-hydrogen) atoms. The molecule has 1 amide bonds. The minimum absolute atomic E-state index is 0.0427. The highest BCUT2D eigenvalue weighted by Gasteiger charge is 2.31. The van der Waals surface area contributed by atoms with Crippen LogP contribution in [0.5, 0.6) is 0 Å². The van der Waals surface area contributed by atoms with Gasteiger partial charge < -0.3 is 10.5 Å². The van der Waals surface area contributed by atoms with Gasteiger partial charge in [0.1, 0.15) is 5.82 Å². The molecular weight excluding hydrogens is 461 g/mol. The van der Waals surface area contributed by atoms with Crippen molar-refractivity contribution < 1.29 is 22.7 Å². The summed E-state index contributed by atoms with van der Waals surface area (Å²) in [5.41, 5.74) is 8.79. The van der Waals surface area contributed by atoms with Gasteiger partial charge in [0.25, 0.3) is 5.91 Å². The summed E-state index contributed by atoms with van der Waals surface area (Å²) in [4.78, 5) is 23.5. The van der Waals surface area contributed by atoms with Crippen LogP contribution in [0.1, 0.15) is 45.8 Å². The van der Waals surface area contributed by atoms with E-state index in [0.717, 1.165) is 28.8 Å². The second-order valence-electron chi connectivity index (χ2n) is 8.37. The van der Waals surface area contributed by atoms with Crippen molar-refractivity contribution in [2.24, 2.45) is 7.05 Å². The molecule has 0 saturated carbocycles. The summed E-state index contributed by atoms with van der Waals surface area (Å²) in [5, 5.41) is 4.90. The summed E-state index contributed by atoms with van der Waals surface area (Å²) >= 11 is 0. The smallest absolute Gasteiger partial charge is 0.383 e. The molecule has 0 unspecified atom stereocenters. The fraction of sp³-hybridized carbons (Fsp3) is 0.250. The highest BCUT2D eigenvalue weighted by molar-refractivity contribution is 6.08. The number of rotatable bonds is 4. The van der Waals surface area contributed by atoms with Crippen molar-refractivity contribution in [2.75, 3.05) is 10.6 Å². The summed E-state index contributed by atoms with van der Waals surface area (Å²) in [6.45, 7) is 2.21. The van der Waals surface area contributed by atoms with Crippen LogP contribution in [0.4, 0.5) is 24.7 Å². The average Bonchev–Trinajstić information content (AvgIpc) is 3.43. The first kappa shape index (κ1) is 22.8. The Morgan fingerprint density at radius 1 is 1.26 bits per heavy atom. The zero-order chi connectivity index (χ0) is 24.9. The van der Waals surface area contributed by atoms with Crippen LogP contribution in [0.3, 0.4) is 0 Å². The van der Waals surface area contributed by atoms with Gasteiger partial charge in [-0.2, -0.15) is 18.3 Å². The quantitative estimate of drug-likeness (QED) is 0.463. The van der Waals surface area contributed by atoms with E-state index in [1.54, 1.807) is 31.4 Å². The second-order valence-corrected chi connectivity index (χ2v) is 8.37. The Morgan fingerprint density at radius 2 is 2.06 bits per heavy atom. The molecule has 1 aliphatic heterocycles. The van der Waals surface area contributed by atoms with Crippen molar-refractivity contribution in [1.29, 1.82) is 0 Å². The minimum atomic E-state index is -4.49. The van der Waals surface area contributed by atoms with Gasteiger partial charge in [0, 0.05) is 36.0 Å². The number of carbonyl (C=O) groups is 1. The molecule has 1 aliphatic rings. The number of nitrogens with zero attached hydrogens (tertiary/aromatic N) is 5. The van der Waals surface area contributed by atoms with E-state index in [1.165, 1.54) is 21.8 Å². The van der Waals surface area contributed by atoms with Crippen LogP contribution in [0.2, 0.25) is 0 Å². The molecule has 4 aromatic rings. The lowest BCUT2D eigenvalue weighted by Gasteiger charge is -2.21. The lowest BCUT2D eigenvalue weighted by molar-refractivity contribution is -0.137. The predicted octanol–water partition coefficient (Wildman–Crippen LogP) is 4.40. The Kier molecular flexibility index (Phi) is 5.43. The molecule has 3 aromatic heterocycles. The first-order chi connectivity index (χ1) is 16.6. The number of alkyl halides is 3.